The lowest BCUT2D eigenvalue weighted by Crippen LogP contribution is -2.47. The number of benzene rings is 1. The summed E-state index contributed by atoms with van der Waals surface area (Å²) in [6.07, 6.45) is 0. The van der Waals surface area contributed by atoms with Crippen LogP contribution in [0.2, 0.25) is 0 Å². The molecule has 0 saturated carbocycles. The number of methoxy groups -OCH3 is 1. The van der Waals surface area contributed by atoms with E-state index in [0.29, 0.717) is 24.0 Å². The first-order valence-corrected chi connectivity index (χ1v) is 8.27. The van der Waals surface area contributed by atoms with Gasteiger partial charge in [0.2, 0.25) is 5.95 Å². The maximum Gasteiger partial charge on any atom is 0.274 e. The van der Waals surface area contributed by atoms with E-state index in [2.05, 4.69) is 49.1 Å². The fourth-order valence-corrected chi connectivity index (χ4v) is 3.09. The molecule has 0 atom stereocenters. The summed E-state index contributed by atoms with van der Waals surface area (Å²) in [6.45, 7) is 3.75. The Morgan fingerprint density at radius 3 is 2.52 bits per heavy atom. The average Bonchev–Trinajstić information content (AvgIpc) is 3.08. The van der Waals surface area contributed by atoms with Gasteiger partial charge in [-0.05, 0) is 12.1 Å². The predicted molar refractivity (Wildman–Crippen MR) is 95.2 cm³/mol. The number of piperazine rings is 1. The number of aromatic nitrogens is 4. The molecular formula is C17H20N6O2. The van der Waals surface area contributed by atoms with Crippen LogP contribution in [-0.2, 0) is 11.3 Å². The first kappa shape index (κ1) is 15.6. The van der Waals surface area contributed by atoms with Crippen LogP contribution >= 0.6 is 0 Å². The largest absolute Gasteiger partial charge is 0.378 e. The Balaban J connectivity index is 1.53. The van der Waals surface area contributed by atoms with E-state index < -0.39 is 0 Å². The van der Waals surface area contributed by atoms with Crippen molar-refractivity contribution in [2.75, 3.05) is 43.1 Å². The van der Waals surface area contributed by atoms with Gasteiger partial charge in [0.25, 0.3) is 11.3 Å². The highest BCUT2D eigenvalue weighted by molar-refractivity contribution is 5.48. The van der Waals surface area contributed by atoms with Crippen molar-refractivity contribution in [3.05, 3.63) is 52.4 Å². The van der Waals surface area contributed by atoms with Gasteiger partial charge in [-0.15, -0.1) is 0 Å². The Morgan fingerprint density at radius 2 is 1.80 bits per heavy atom. The number of para-hydroxylation sites is 1. The molecule has 1 aliphatic rings. The van der Waals surface area contributed by atoms with E-state index >= 15 is 0 Å². The van der Waals surface area contributed by atoms with Gasteiger partial charge in [-0.3, -0.25) is 9.89 Å². The summed E-state index contributed by atoms with van der Waals surface area (Å²) in [7, 11) is 1.58. The summed E-state index contributed by atoms with van der Waals surface area (Å²) in [5, 5.41) is 3.05. The Morgan fingerprint density at radius 1 is 1.08 bits per heavy atom. The van der Waals surface area contributed by atoms with Crippen LogP contribution in [0.1, 0.15) is 5.69 Å². The average molecular weight is 340 g/mol. The van der Waals surface area contributed by atoms with Gasteiger partial charge in [0.05, 0.1) is 12.3 Å². The molecule has 3 heterocycles. The molecule has 0 radical (unpaired) electrons. The second kappa shape index (κ2) is 6.56. The third kappa shape index (κ3) is 3.08. The molecule has 130 valence electrons. The maximum atomic E-state index is 12.2. The topological polar surface area (TPSA) is 78.8 Å². The number of fused-ring (bicyclic) bond motifs is 1. The van der Waals surface area contributed by atoms with E-state index in [1.165, 1.54) is 16.3 Å². The normalized spacial score (nSPS) is 15.1. The lowest BCUT2D eigenvalue weighted by Gasteiger charge is -2.35. The molecule has 0 spiro atoms. The Labute approximate surface area is 144 Å². The molecule has 0 bridgehead atoms. The second-order valence-corrected chi connectivity index (χ2v) is 6.01. The van der Waals surface area contributed by atoms with Crippen LogP contribution in [-0.4, -0.2) is 52.9 Å². The minimum absolute atomic E-state index is 0.182. The third-order valence-corrected chi connectivity index (χ3v) is 4.36. The van der Waals surface area contributed by atoms with Gasteiger partial charge in [-0.25, -0.2) is 4.98 Å². The molecule has 0 unspecified atom stereocenters. The Kier molecular flexibility index (Phi) is 4.10. The zero-order valence-corrected chi connectivity index (χ0v) is 14.1. The van der Waals surface area contributed by atoms with Crippen LogP contribution in [0.25, 0.3) is 5.78 Å². The number of H-pyrrole nitrogens is 1. The summed E-state index contributed by atoms with van der Waals surface area (Å²) in [5.41, 5.74) is 1.63. The highest BCUT2D eigenvalue weighted by atomic mass is 16.5. The minimum atomic E-state index is -0.182. The van der Waals surface area contributed by atoms with Gasteiger partial charge in [0.15, 0.2) is 0 Å². The number of ether oxygens (including phenoxy) is 1. The van der Waals surface area contributed by atoms with Gasteiger partial charge in [0, 0.05) is 45.0 Å². The zero-order chi connectivity index (χ0) is 17.2. The van der Waals surface area contributed by atoms with Crippen LogP contribution in [0.5, 0.6) is 0 Å². The van der Waals surface area contributed by atoms with Crippen molar-refractivity contribution in [2.45, 2.75) is 6.61 Å². The summed E-state index contributed by atoms with van der Waals surface area (Å²) in [6, 6.07) is 11.8. The molecule has 2 aromatic heterocycles. The number of rotatable bonds is 4. The summed E-state index contributed by atoms with van der Waals surface area (Å²) >= 11 is 0. The zero-order valence-electron chi connectivity index (χ0n) is 14.1. The third-order valence-electron chi connectivity index (χ3n) is 4.36. The lowest BCUT2D eigenvalue weighted by atomic mass is 10.2. The molecule has 25 heavy (non-hydrogen) atoms. The first-order chi connectivity index (χ1) is 12.2. The standard InChI is InChI=1S/C17H20N6O2/c1-25-12-13-11-15(24)23-16(18-13)19-17(20-23)22-9-7-21(8-10-22)14-5-3-2-4-6-14/h2-6,11H,7-10,12H2,1H3,(H,18,19,20). The number of hydrogen-bond donors (Lipinski definition) is 1. The van der Waals surface area contributed by atoms with Crippen molar-refractivity contribution in [3.63, 3.8) is 0 Å². The van der Waals surface area contributed by atoms with Crippen molar-refractivity contribution in [1.29, 1.82) is 0 Å². The number of nitrogens with zero attached hydrogens (tertiary/aromatic N) is 5. The monoisotopic (exact) mass is 340 g/mol. The molecule has 1 aliphatic heterocycles. The fraction of sp³-hybridized carbons (Fsp3) is 0.353. The number of anilines is 2. The van der Waals surface area contributed by atoms with Crippen molar-refractivity contribution < 1.29 is 4.74 Å². The molecular weight excluding hydrogens is 320 g/mol. The molecule has 4 rings (SSSR count). The molecule has 0 aliphatic carbocycles. The molecule has 3 aromatic rings. The SMILES string of the molecule is COCc1cc(=O)n2[nH]c(N3CCN(c4ccccc4)CC3)nc2n1. The van der Waals surface area contributed by atoms with Crippen LogP contribution in [0.15, 0.2) is 41.2 Å². The van der Waals surface area contributed by atoms with Crippen LogP contribution in [0.3, 0.4) is 0 Å². The molecule has 1 fully saturated rings. The smallest absolute Gasteiger partial charge is 0.274 e. The minimum Gasteiger partial charge on any atom is -0.378 e. The van der Waals surface area contributed by atoms with Crippen LogP contribution < -0.4 is 15.4 Å². The Bertz CT molecular complexity index is 912. The number of aromatic amines is 1. The van der Waals surface area contributed by atoms with Crippen LogP contribution in [0.4, 0.5) is 11.6 Å². The van der Waals surface area contributed by atoms with Crippen molar-refractivity contribution >= 4 is 17.4 Å². The second-order valence-electron chi connectivity index (χ2n) is 6.01. The van der Waals surface area contributed by atoms with Gasteiger partial charge in [0.1, 0.15) is 0 Å². The summed E-state index contributed by atoms with van der Waals surface area (Å²) < 4.78 is 6.42. The van der Waals surface area contributed by atoms with E-state index in [0.717, 1.165) is 26.2 Å². The first-order valence-electron chi connectivity index (χ1n) is 8.27. The summed E-state index contributed by atoms with van der Waals surface area (Å²) in [5.74, 6) is 1.05. The fourth-order valence-electron chi connectivity index (χ4n) is 3.09. The van der Waals surface area contributed by atoms with Crippen LogP contribution in [0, 0.1) is 0 Å². The Hall–Kier alpha value is -2.87. The highest BCUT2D eigenvalue weighted by Crippen LogP contribution is 2.18. The van der Waals surface area contributed by atoms with E-state index in [-0.39, 0.29) is 5.56 Å². The van der Waals surface area contributed by atoms with Gasteiger partial charge < -0.3 is 14.5 Å². The lowest BCUT2D eigenvalue weighted by molar-refractivity contribution is 0.181. The summed E-state index contributed by atoms with van der Waals surface area (Å²) in [4.78, 5) is 25.5. The predicted octanol–water partition coefficient (Wildman–Crippen LogP) is 0.891. The van der Waals surface area contributed by atoms with E-state index in [9.17, 15) is 4.79 Å². The molecule has 8 heteroatoms. The van der Waals surface area contributed by atoms with Crippen molar-refractivity contribution in [2.24, 2.45) is 0 Å². The van der Waals surface area contributed by atoms with Crippen molar-refractivity contribution in [1.82, 2.24) is 19.6 Å². The quantitative estimate of drug-likeness (QED) is 0.760. The van der Waals surface area contributed by atoms with Crippen molar-refractivity contribution in [3.8, 4) is 0 Å². The number of nitrogens with one attached hydrogen (secondary N) is 1. The molecule has 8 nitrogen and oxygen atoms in total. The van der Waals surface area contributed by atoms with E-state index in [1.54, 1.807) is 7.11 Å². The van der Waals surface area contributed by atoms with E-state index in [4.69, 9.17) is 4.74 Å². The molecule has 1 saturated heterocycles. The molecule has 1 N–H and O–H groups in total. The van der Waals surface area contributed by atoms with Gasteiger partial charge >= 0.3 is 0 Å². The molecule has 1 aromatic carbocycles. The highest BCUT2D eigenvalue weighted by Gasteiger charge is 2.20. The van der Waals surface area contributed by atoms with Gasteiger partial charge in [-0.2, -0.15) is 9.50 Å². The molecule has 0 amide bonds. The van der Waals surface area contributed by atoms with E-state index in [1.807, 2.05) is 6.07 Å². The van der Waals surface area contributed by atoms with Gasteiger partial charge in [-0.1, -0.05) is 18.2 Å². The number of hydrogen-bond acceptors (Lipinski definition) is 6. The maximum absolute atomic E-state index is 12.2.